The van der Waals surface area contributed by atoms with E-state index in [0.29, 0.717) is 19.4 Å². The van der Waals surface area contributed by atoms with Gasteiger partial charge < -0.3 is 24.6 Å². The van der Waals surface area contributed by atoms with Gasteiger partial charge in [-0.15, -0.1) is 0 Å². The molecule has 3 aromatic rings. The topological polar surface area (TPSA) is 92.1 Å². The highest BCUT2D eigenvalue weighted by Crippen LogP contribution is 2.34. The molecule has 2 N–H and O–H groups in total. The van der Waals surface area contributed by atoms with Gasteiger partial charge in [0.2, 0.25) is 0 Å². The minimum atomic E-state index is -0.735. The van der Waals surface area contributed by atoms with E-state index in [1.54, 1.807) is 20.4 Å². The van der Waals surface area contributed by atoms with E-state index in [2.05, 4.69) is 22.0 Å². The van der Waals surface area contributed by atoms with E-state index in [9.17, 15) is 15.0 Å². The van der Waals surface area contributed by atoms with Crippen molar-refractivity contribution in [3.05, 3.63) is 65.9 Å². The van der Waals surface area contributed by atoms with Crippen molar-refractivity contribution in [2.45, 2.75) is 44.6 Å². The molecular weight excluding hydrogens is 468 g/mol. The van der Waals surface area contributed by atoms with Crippen molar-refractivity contribution >= 4 is 16.9 Å². The summed E-state index contributed by atoms with van der Waals surface area (Å²) in [6, 6.07) is 15.7. The van der Waals surface area contributed by atoms with E-state index in [-0.39, 0.29) is 5.92 Å². The van der Waals surface area contributed by atoms with Gasteiger partial charge in [0.1, 0.15) is 11.5 Å². The number of aromatic nitrogens is 1. The van der Waals surface area contributed by atoms with Gasteiger partial charge in [-0.2, -0.15) is 0 Å². The summed E-state index contributed by atoms with van der Waals surface area (Å²) in [5.41, 5.74) is 2.91. The SMILES string of the molecule is COc1ccc(CCCCN2CC[C@@H](CC[C@H](O)c3ccnc4ccc(OC)cc34)[C@@H](C(=O)O)C2)cc1. The fourth-order valence-corrected chi connectivity index (χ4v) is 5.44. The number of hydrogen-bond acceptors (Lipinski definition) is 6. The molecule has 2 aromatic carbocycles. The lowest BCUT2D eigenvalue weighted by molar-refractivity contribution is -0.146. The summed E-state index contributed by atoms with van der Waals surface area (Å²) in [6.07, 6.45) is 6.19. The number of aliphatic carboxylic acids is 1. The average molecular weight is 507 g/mol. The summed E-state index contributed by atoms with van der Waals surface area (Å²) in [6.45, 7) is 2.40. The Morgan fingerprint density at radius 2 is 1.84 bits per heavy atom. The Morgan fingerprint density at radius 3 is 2.57 bits per heavy atom. The van der Waals surface area contributed by atoms with Crippen LogP contribution in [0, 0.1) is 11.8 Å². The zero-order valence-electron chi connectivity index (χ0n) is 21.8. The van der Waals surface area contributed by atoms with Gasteiger partial charge in [-0.3, -0.25) is 9.78 Å². The number of carboxylic acid groups (broad SMARTS) is 1. The highest BCUT2D eigenvalue weighted by atomic mass is 16.5. The second-order valence-corrected chi connectivity index (χ2v) is 9.98. The number of hydrogen-bond donors (Lipinski definition) is 2. The average Bonchev–Trinajstić information content (AvgIpc) is 2.93. The standard InChI is InChI=1S/C30H38N2O5/c1-36-23-9-6-21(7-10-23)5-3-4-17-32-18-15-22(27(20-32)30(34)35)8-13-29(33)25-14-16-31-28-12-11-24(37-2)19-26(25)28/h6-7,9-12,14,16,19,22,27,29,33H,3-5,8,13,15,17-18,20H2,1-2H3,(H,34,35)/t22-,27+,29+/m1/s1. The first-order valence-corrected chi connectivity index (χ1v) is 13.2. The molecule has 0 saturated carbocycles. The lowest BCUT2D eigenvalue weighted by Gasteiger charge is -2.37. The highest BCUT2D eigenvalue weighted by molar-refractivity contribution is 5.83. The van der Waals surface area contributed by atoms with Crippen molar-refractivity contribution in [1.29, 1.82) is 0 Å². The number of ether oxygens (including phenoxy) is 2. The van der Waals surface area contributed by atoms with Crippen LogP contribution in [-0.4, -0.2) is 59.9 Å². The normalized spacial score (nSPS) is 19.0. The van der Waals surface area contributed by atoms with Gasteiger partial charge in [-0.25, -0.2) is 0 Å². The van der Waals surface area contributed by atoms with Crippen LogP contribution < -0.4 is 9.47 Å². The molecule has 4 rings (SSSR count). The van der Waals surface area contributed by atoms with Gasteiger partial charge in [-0.1, -0.05) is 12.1 Å². The summed E-state index contributed by atoms with van der Waals surface area (Å²) < 4.78 is 10.6. The number of carbonyl (C=O) groups is 1. The predicted octanol–water partition coefficient (Wildman–Crippen LogP) is 5.11. The molecule has 1 aromatic heterocycles. The van der Waals surface area contributed by atoms with Crippen molar-refractivity contribution in [3.8, 4) is 11.5 Å². The molecule has 2 heterocycles. The number of nitrogens with zero attached hydrogens (tertiary/aromatic N) is 2. The third kappa shape index (κ3) is 6.99. The number of pyridine rings is 1. The van der Waals surface area contributed by atoms with Crippen LogP contribution in [0.15, 0.2) is 54.7 Å². The Balaban J connectivity index is 1.27. The number of likely N-dealkylation sites (tertiary alicyclic amines) is 1. The number of unbranched alkanes of at least 4 members (excludes halogenated alkanes) is 1. The summed E-state index contributed by atoms with van der Waals surface area (Å²) >= 11 is 0. The van der Waals surface area contributed by atoms with Crippen molar-refractivity contribution in [3.63, 3.8) is 0 Å². The highest BCUT2D eigenvalue weighted by Gasteiger charge is 2.34. The number of piperidine rings is 1. The first-order chi connectivity index (χ1) is 18.0. The first kappa shape index (κ1) is 26.9. The molecule has 0 bridgehead atoms. The van der Waals surface area contributed by atoms with Gasteiger partial charge >= 0.3 is 5.97 Å². The Morgan fingerprint density at radius 1 is 1.08 bits per heavy atom. The van der Waals surface area contributed by atoms with Gasteiger partial charge in [-0.05, 0) is 105 Å². The van der Waals surface area contributed by atoms with Crippen molar-refractivity contribution in [1.82, 2.24) is 9.88 Å². The third-order valence-electron chi connectivity index (χ3n) is 7.66. The van der Waals surface area contributed by atoms with Crippen LogP contribution in [0.2, 0.25) is 0 Å². The Kier molecular flexibility index (Phi) is 9.36. The van der Waals surface area contributed by atoms with E-state index in [1.807, 2.05) is 36.4 Å². The summed E-state index contributed by atoms with van der Waals surface area (Å²) in [4.78, 5) is 18.8. The monoisotopic (exact) mass is 506 g/mol. The zero-order valence-corrected chi connectivity index (χ0v) is 21.8. The number of aryl methyl sites for hydroxylation is 1. The molecular formula is C30H38N2O5. The Labute approximate surface area is 219 Å². The van der Waals surface area contributed by atoms with E-state index in [4.69, 9.17) is 9.47 Å². The molecule has 0 spiro atoms. The Bertz CT molecular complexity index is 1170. The number of fused-ring (bicyclic) bond motifs is 1. The molecule has 1 aliphatic rings. The molecule has 0 amide bonds. The number of benzene rings is 2. The second kappa shape index (κ2) is 12.9. The van der Waals surface area contributed by atoms with Crippen molar-refractivity contribution in [2.24, 2.45) is 11.8 Å². The summed E-state index contributed by atoms with van der Waals surface area (Å²) in [5, 5.41) is 21.8. The predicted molar refractivity (Wildman–Crippen MR) is 144 cm³/mol. The largest absolute Gasteiger partial charge is 0.497 e. The van der Waals surface area contributed by atoms with E-state index >= 15 is 0 Å². The maximum Gasteiger partial charge on any atom is 0.308 e. The van der Waals surface area contributed by atoms with Crippen LogP contribution >= 0.6 is 0 Å². The molecule has 0 radical (unpaired) electrons. The fourth-order valence-electron chi connectivity index (χ4n) is 5.44. The van der Waals surface area contributed by atoms with Crippen molar-refractivity contribution in [2.75, 3.05) is 33.9 Å². The van der Waals surface area contributed by atoms with Crippen LogP contribution in [0.1, 0.15) is 49.3 Å². The number of methoxy groups -OCH3 is 2. The van der Waals surface area contributed by atoms with Crippen LogP contribution in [0.25, 0.3) is 10.9 Å². The van der Waals surface area contributed by atoms with Crippen LogP contribution in [0.4, 0.5) is 0 Å². The minimum Gasteiger partial charge on any atom is -0.497 e. The van der Waals surface area contributed by atoms with Crippen LogP contribution in [0.3, 0.4) is 0 Å². The molecule has 198 valence electrons. The van der Waals surface area contributed by atoms with E-state index < -0.39 is 18.0 Å². The number of carboxylic acids is 1. The lowest BCUT2D eigenvalue weighted by atomic mass is 9.81. The van der Waals surface area contributed by atoms with Gasteiger partial charge in [0.25, 0.3) is 0 Å². The third-order valence-corrected chi connectivity index (χ3v) is 7.66. The number of aliphatic hydroxyl groups excluding tert-OH is 1. The van der Waals surface area contributed by atoms with Gasteiger partial charge in [0.05, 0.1) is 31.8 Å². The van der Waals surface area contributed by atoms with E-state index in [1.165, 1.54) is 5.56 Å². The van der Waals surface area contributed by atoms with Gasteiger partial charge in [0.15, 0.2) is 0 Å². The molecule has 37 heavy (non-hydrogen) atoms. The molecule has 1 fully saturated rings. The molecule has 7 heteroatoms. The summed E-state index contributed by atoms with van der Waals surface area (Å²) in [7, 11) is 3.29. The molecule has 3 atom stereocenters. The minimum absolute atomic E-state index is 0.0605. The van der Waals surface area contributed by atoms with E-state index in [0.717, 1.165) is 66.7 Å². The molecule has 1 saturated heterocycles. The molecule has 0 aliphatic carbocycles. The maximum absolute atomic E-state index is 12.1. The number of rotatable bonds is 12. The molecule has 0 unspecified atom stereocenters. The fraction of sp³-hybridized carbons (Fsp3) is 0.467. The first-order valence-electron chi connectivity index (χ1n) is 13.2. The van der Waals surface area contributed by atoms with Crippen LogP contribution in [-0.2, 0) is 11.2 Å². The molecule has 7 nitrogen and oxygen atoms in total. The number of aliphatic hydroxyl groups is 1. The summed E-state index contributed by atoms with van der Waals surface area (Å²) in [5.74, 6) is 0.508. The zero-order chi connectivity index (χ0) is 26.2. The smallest absolute Gasteiger partial charge is 0.308 e. The van der Waals surface area contributed by atoms with Gasteiger partial charge in [0, 0.05) is 18.1 Å². The Hall–Kier alpha value is -3.16. The second-order valence-electron chi connectivity index (χ2n) is 9.98. The maximum atomic E-state index is 12.1. The lowest BCUT2D eigenvalue weighted by Crippen LogP contribution is -2.44. The quantitative estimate of drug-likeness (QED) is 0.330. The van der Waals surface area contributed by atoms with Crippen LogP contribution in [0.5, 0.6) is 11.5 Å². The van der Waals surface area contributed by atoms with Crippen molar-refractivity contribution < 1.29 is 24.5 Å². The molecule has 1 aliphatic heterocycles.